The Morgan fingerprint density at radius 3 is 2.64 bits per heavy atom. The smallest absolute Gasteiger partial charge is 0.389 e. The molecule has 2 unspecified atom stereocenters. The summed E-state index contributed by atoms with van der Waals surface area (Å²) in [4.78, 5) is 0. The fourth-order valence-corrected chi connectivity index (χ4v) is 1.75. The number of hydrogen-bond acceptors (Lipinski definition) is 2. The molecule has 1 aliphatic rings. The predicted octanol–water partition coefficient (Wildman–Crippen LogP) is 2.26. The lowest BCUT2D eigenvalue weighted by Gasteiger charge is -2.35. The summed E-state index contributed by atoms with van der Waals surface area (Å²) >= 11 is 0. The van der Waals surface area contributed by atoms with E-state index in [1.54, 1.807) is 6.92 Å². The summed E-state index contributed by atoms with van der Waals surface area (Å²) < 4.78 is 41.0. The van der Waals surface area contributed by atoms with E-state index in [2.05, 4.69) is 0 Å². The first-order valence-electron chi connectivity index (χ1n) is 4.71. The maximum absolute atomic E-state index is 11.9. The Hall–Kier alpha value is -0.290. The molecule has 84 valence electrons. The van der Waals surface area contributed by atoms with Crippen molar-refractivity contribution in [3.63, 3.8) is 0 Å². The van der Waals surface area contributed by atoms with Gasteiger partial charge in [-0.05, 0) is 19.8 Å². The van der Waals surface area contributed by atoms with E-state index in [0.717, 1.165) is 0 Å². The first-order valence-corrected chi connectivity index (χ1v) is 4.71. The minimum Gasteiger partial charge on any atom is -0.390 e. The summed E-state index contributed by atoms with van der Waals surface area (Å²) in [7, 11) is 0. The van der Waals surface area contributed by atoms with Crippen molar-refractivity contribution in [1.82, 2.24) is 0 Å². The predicted molar refractivity (Wildman–Crippen MR) is 44.9 cm³/mol. The van der Waals surface area contributed by atoms with Crippen LogP contribution in [-0.4, -0.2) is 29.6 Å². The molecule has 1 saturated heterocycles. The normalized spacial score (nSPS) is 34.5. The van der Waals surface area contributed by atoms with Gasteiger partial charge in [0.25, 0.3) is 0 Å². The summed E-state index contributed by atoms with van der Waals surface area (Å²) in [6.07, 6.45) is -4.88. The molecule has 0 bridgehead atoms. The first kappa shape index (κ1) is 11.8. The van der Waals surface area contributed by atoms with Gasteiger partial charge < -0.3 is 9.84 Å². The van der Waals surface area contributed by atoms with Gasteiger partial charge in [-0.1, -0.05) is 0 Å². The molecular formula is C9H15F3O2. The number of rotatable bonds is 2. The van der Waals surface area contributed by atoms with Crippen molar-refractivity contribution in [3.05, 3.63) is 0 Å². The summed E-state index contributed by atoms with van der Waals surface area (Å²) in [5, 5.41) is 9.83. The molecule has 0 saturated carbocycles. The highest BCUT2D eigenvalue weighted by atomic mass is 19.4. The number of aliphatic hydroxyl groups is 1. The third kappa shape index (κ3) is 3.84. The standard InChI is InChI=1S/C9H15F3O2/c1-7-6-8(13,4-5-14-7)2-3-9(10,11)12/h7,13H,2-6H2,1H3. The average Bonchev–Trinajstić information content (AvgIpc) is 1.99. The molecule has 1 N–H and O–H groups in total. The van der Waals surface area contributed by atoms with Gasteiger partial charge in [0.1, 0.15) is 0 Å². The maximum Gasteiger partial charge on any atom is 0.389 e. The van der Waals surface area contributed by atoms with Crippen LogP contribution in [0.15, 0.2) is 0 Å². The number of ether oxygens (including phenoxy) is 1. The second-order valence-corrected chi connectivity index (χ2v) is 3.98. The second kappa shape index (κ2) is 4.06. The molecule has 1 heterocycles. The van der Waals surface area contributed by atoms with Crippen LogP contribution in [0.3, 0.4) is 0 Å². The Morgan fingerprint density at radius 1 is 1.50 bits per heavy atom. The largest absolute Gasteiger partial charge is 0.390 e. The average molecular weight is 212 g/mol. The first-order chi connectivity index (χ1) is 6.31. The molecule has 0 aromatic rings. The van der Waals surface area contributed by atoms with Crippen LogP contribution in [0.25, 0.3) is 0 Å². The molecule has 0 radical (unpaired) electrons. The molecule has 0 aliphatic carbocycles. The molecule has 1 aliphatic heterocycles. The Morgan fingerprint density at radius 2 is 2.14 bits per heavy atom. The molecule has 2 atom stereocenters. The molecule has 0 aromatic carbocycles. The molecule has 0 amide bonds. The van der Waals surface area contributed by atoms with Crippen molar-refractivity contribution in [3.8, 4) is 0 Å². The van der Waals surface area contributed by atoms with Crippen LogP contribution in [0, 0.1) is 0 Å². The van der Waals surface area contributed by atoms with E-state index in [-0.39, 0.29) is 12.5 Å². The monoisotopic (exact) mass is 212 g/mol. The van der Waals surface area contributed by atoms with E-state index in [4.69, 9.17) is 4.74 Å². The van der Waals surface area contributed by atoms with Gasteiger partial charge >= 0.3 is 6.18 Å². The van der Waals surface area contributed by atoms with Crippen molar-refractivity contribution in [2.75, 3.05) is 6.61 Å². The fraction of sp³-hybridized carbons (Fsp3) is 1.00. The van der Waals surface area contributed by atoms with Gasteiger partial charge in [0, 0.05) is 19.4 Å². The van der Waals surface area contributed by atoms with Gasteiger partial charge in [-0.2, -0.15) is 13.2 Å². The lowest BCUT2D eigenvalue weighted by atomic mass is 9.86. The quantitative estimate of drug-likeness (QED) is 0.760. The lowest BCUT2D eigenvalue weighted by molar-refractivity contribution is -0.160. The van der Waals surface area contributed by atoms with E-state index < -0.39 is 18.2 Å². The van der Waals surface area contributed by atoms with Crippen LogP contribution in [0.5, 0.6) is 0 Å². The van der Waals surface area contributed by atoms with Gasteiger partial charge in [-0.3, -0.25) is 0 Å². The molecule has 14 heavy (non-hydrogen) atoms. The zero-order valence-electron chi connectivity index (χ0n) is 8.10. The minimum atomic E-state index is -4.18. The minimum absolute atomic E-state index is 0.151. The van der Waals surface area contributed by atoms with Crippen molar-refractivity contribution < 1.29 is 23.0 Å². The summed E-state index contributed by atoms with van der Waals surface area (Å²) in [6, 6.07) is 0. The zero-order valence-corrected chi connectivity index (χ0v) is 8.10. The van der Waals surface area contributed by atoms with E-state index in [0.29, 0.717) is 19.4 Å². The number of halogens is 3. The SMILES string of the molecule is CC1CC(O)(CCC(F)(F)F)CCO1. The van der Waals surface area contributed by atoms with E-state index in [9.17, 15) is 18.3 Å². The van der Waals surface area contributed by atoms with Gasteiger partial charge in [0.05, 0.1) is 11.7 Å². The molecule has 0 aromatic heterocycles. The van der Waals surface area contributed by atoms with E-state index in [1.165, 1.54) is 0 Å². The highest BCUT2D eigenvalue weighted by molar-refractivity contribution is 4.84. The Balaban J connectivity index is 2.41. The molecule has 1 fully saturated rings. The van der Waals surface area contributed by atoms with Crippen LogP contribution in [0.4, 0.5) is 13.2 Å². The Bertz CT molecular complexity index is 193. The molecular weight excluding hydrogens is 197 g/mol. The Kier molecular flexibility index (Phi) is 3.42. The van der Waals surface area contributed by atoms with Gasteiger partial charge in [0.15, 0.2) is 0 Å². The second-order valence-electron chi connectivity index (χ2n) is 3.98. The number of alkyl halides is 3. The topological polar surface area (TPSA) is 29.5 Å². The summed E-state index contributed by atoms with van der Waals surface area (Å²) in [5.41, 5.74) is -1.19. The fourth-order valence-electron chi connectivity index (χ4n) is 1.75. The maximum atomic E-state index is 11.9. The third-order valence-electron chi connectivity index (χ3n) is 2.51. The lowest BCUT2D eigenvalue weighted by Crippen LogP contribution is -2.40. The number of hydrogen-bond donors (Lipinski definition) is 1. The Labute approximate surface area is 81.1 Å². The summed E-state index contributed by atoms with van der Waals surface area (Å²) in [5.74, 6) is 0. The third-order valence-corrected chi connectivity index (χ3v) is 2.51. The van der Waals surface area contributed by atoms with Crippen LogP contribution < -0.4 is 0 Å². The van der Waals surface area contributed by atoms with Crippen LogP contribution in [-0.2, 0) is 4.74 Å². The van der Waals surface area contributed by atoms with Crippen LogP contribution in [0.2, 0.25) is 0 Å². The van der Waals surface area contributed by atoms with Gasteiger partial charge in [-0.15, -0.1) is 0 Å². The molecule has 5 heteroatoms. The van der Waals surface area contributed by atoms with E-state index in [1.807, 2.05) is 0 Å². The molecule has 0 spiro atoms. The van der Waals surface area contributed by atoms with Gasteiger partial charge in [0.2, 0.25) is 0 Å². The zero-order chi connectivity index (χ0) is 10.8. The van der Waals surface area contributed by atoms with Crippen molar-refractivity contribution in [2.24, 2.45) is 0 Å². The van der Waals surface area contributed by atoms with Crippen molar-refractivity contribution >= 4 is 0 Å². The summed E-state index contributed by atoms with van der Waals surface area (Å²) in [6.45, 7) is 2.10. The molecule has 1 rings (SSSR count). The van der Waals surface area contributed by atoms with Crippen LogP contribution >= 0.6 is 0 Å². The van der Waals surface area contributed by atoms with E-state index >= 15 is 0 Å². The highest BCUT2D eigenvalue weighted by Crippen LogP contribution is 2.33. The van der Waals surface area contributed by atoms with Crippen molar-refractivity contribution in [2.45, 2.75) is 50.5 Å². The van der Waals surface area contributed by atoms with Crippen molar-refractivity contribution in [1.29, 1.82) is 0 Å². The van der Waals surface area contributed by atoms with Gasteiger partial charge in [-0.25, -0.2) is 0 Å². The van der Waals surface area contributed by atoms with Crippen LogP contribution in [0.1, 0.15) is 32.6 Å². The highest BCUT2D eigenvalue weighted by Gasteiger charge is 2.37. The molecule has 2 nitrogen and oxygen atoms in total.